The van der Waals surface area contributed by atoms with Gasteiger partial charge in [0.25, 0.3) is 0 Å². The van der Waals surface area contributed by atoms with E-state index in [2.05, 4.69) is 39.7 Å². The zero-order valence-corrected chi connectivity index (χ0v) is 18.7. The molecule has 4 rings (SSSR count). The second kappa shape index (κ2) is 8.51. The number of hydrogen-bond acceptors (Lipinski definition) is 3. The maximum absolute atomic E-state index is 11.5. The third kappa shape index (κ3) is 3.81. The van der Waals surface area contributed by atoms with Crippen molar-refractivity contribution in [3.63, 3.8) is 0 Å². The Labute approximate surface area is 187 Å². The quantitative estimate of drug-likeness (QED) is 0.554. The standard InChI is InChI=1S/C24H26N4O2S/c1-4-12-27-22(21(26-24(27)31)20-10-5-6-11-25-20)19-13-15(2)28(16(19)3)18-9-7-8-17(14-18)23(29)30/h5-11,13-14,21-22H,4,12H2,1-3H3,(H,26,31)(H,29,30)/t21-,22+/m1/s1. The van der Waals surface area contributed by atoms with Gasteiger partial charge in [0.2, 0.25) is 0 Å². The summed E-state index contributed by atoms with van der Waals surface area (Å²) in [4.78, 5) is 18.3. The average Bonchev–Trinajstić information content (AvgIpc) is 3.24. The molecular weight excluding hydrogens is 408 g/mol. The SMILES string of the molecule is CCCN1C(=S)N[C@H](c2ccccn2)[C@@H]1c1cc(C)n(-c2cccc(C(=O)O)c2)c1C. The number of aromatic nitrogens is 2. The molecule has 2 aromatic heterocycles. The van der Waals surface area contributed by atoms with E-state index in [4.69, 9.17) is 12.2 Å². The molecule has 0 unspecified atom stereocenters. The Morgan fingerprint density at radius 2 is 2.00 bits per heavy atom. The highest BCUT2D eigenvalue weighted by molar-refractivity contribution is 7.80. The fraction of sp³-hybridized carbons (Fsp3) is 0.292. The summed E-state index contributed by atoms with van der Waals surface area (Å²) >= 11 is 5.70. The summed E-state index contributed by atoms with van der Waals surface area (Å²) in [6.45, 7) is 7.12. The Morgan fingerprint density at radius 3 is 2.68 bits per heavy atom. The summed E-state index contributed by atoms with van der Waals surface area (Å²) in [6, 6.07) is 15.1. The van der Waals surface area contributed by atoms with Gasteiger partial charge in [0.05, 0.1) is 23.3 Å². The van der Waals surface area contributed by atoms with Gasteiger partial charge in [0.1, 0.15) is 0 Å². The van der Waals surface area contributed by atoms with Crippen LogP contribution in [-0.2, 0) is 0 Å². The lowest BCUT2D eigenvalue weighted by Crippen LogP contribution is -2.30. The van der Waals surface area contributed by atoms with Gasteiger partial charge < -0.3 is 19.9 Å². The van der Waals surface area contributed by atoms with E-state index in [9.17, 15) is 9.90 Å². The number of benzene rings is 1. The van der Waals surface area contributed by atoms with Gasteiger partial charge in [-0.25, -0.2) is 4.79 Å². The number of carboxylic acids is 1. The van der Waals surface area contributed by atoms with Crippen LogP contribution in [0.25, 0.3) is 5.69 Å². The Hall–Kier alpha value is -3.19. The summed E-state index contributed by atoms with van der Waals surface area (Å²) in [6.07, 6.45) is 2.78. The molecule has 0 radical (unpaired) electrons. The van der Waals surface area contributed by atoms with E-state index in [1.165, 1.54) is 0 Å². The minimum absolute atomic E-state index is 0.00459. The van der Waals surface area contributed by atoms with Crippen molar-refractivity contribution < 1.29 is 9.90 Å². The zero-order valence-electron chi connectivity index (χ0n) is 17.9. The van der Waals surface area contributed by atoms with Gasteiger partial charge in [-0.05, 0) is 74.4 Å². The van der Waals surface area contributed by atoms with Crippen LogP contribution in [0.3, 0.4) is 0 Å². The van der Waals surface area contributed by atoms with Crippen LogP contribution in [0.5, 0.6) is 0 Å². The Morgan fingerprint density at radius 1 is 1.19 bits per heavy atom. The molecule has 160 valence electrons. The smallest absolute Gasteiger partial charge is 0.335 e. The zero-order chi connectivity index (χ0) is 22.1. The van der Waals surface area contributed by atoms with Crippen LogP contribution in [-0.4, -0.2) is 37.2 Å². The van der Waals surface area contributed by atoms with Gasteiger partial charge in [-0.1, -0.05) is 19.1 Å². The molecule has 1 aliphatic heterocycles. The van der Waals surface area contributed by atoms with Gasteiger partial charge >= 0.3 is 5.97 Å². The molecule has 3 heterocycles. The first-order chi connectivity index (χ1) is 14.9. The van der Waals surface area contributed by atoms with Crippen LogP contribution in [0.15, 0.2) is 54.7 Å². The van der Waals surface area contributed by atoms with Crippen LogP contribution in [0.4, 0.5) is 0 Å². The number of carboxylic acid groups (broad SMARTS) is 1. The normalized spacial score (nSPS) is 18.3. The molecule has 3 aromatic rings. The Balaban J connectivity index is 1.83. The Bertz CT molecular complexity index is 1130. The minimum atomic E-state index is -0.931. The van der Waals surface area contributed by atoms with Gasteiger partial charge in [-0.3, -0.25) is 4.98 Å². The summed E-state index contributed by atoms with van der Waals surface area (Å²) in [5.41, 5.74) is 5.34. The molecule has 6 nitrogen and oxygen atoms in total. The van der Waals surface area contributed by atoms with Crippen molar-refractivity contribution in [3.8, 4) is 5.69 Å². The summed E-state index contributed by atoms with van der Waals surface area (Å²) in [5.74, 6) is -0.931. The van der Waals surface area contributed by atoms with Crippen LogP contribution < -0.4 is 5.32 Å². The van der Waals surface area contributed by atoms with Crippen molar-refractivity contribution in [2.75, 3.05) is 6.54 Å². The third-order valence-electron chi connectivity index (χ3n) is 5.80. The monoisotopic (exact) mass is 434 g/mol. The first-order valence-corrected chi connectivity index (χ1v) is 10.8. The molecular formula is C24H26N4O2S. The molecule has 1 aromatic carbocycles. The van der Waals surface area contributed by atoms with Crippen molar-refractivity contribution in [2.45, 2.75) is 39.3 Å². The molecule has 2 atom stereocenters. The molecule has 1 fully saturated rings. The van der Waals surface area contributed by atoms with Crippen molar-refractivity contribution in [1.82, 2.24) is 19.8 Å². The molecule has 0 saturated carbocycles. The topological polar surface area (TPSA) is 70.4 Å². The number of pyridine rings is 1. The number of nitrogens with zero attached hydrogens (tertiary/aromatic N) is 3. The molecule has 0 bridgehead atoms. The van der Waals surface area contributed by atoms with Crippen molar-refractivity contribution in [1.29, 1.82) is 0 Å². The number of nitrogens with one attached hydrogen (secondary N) is 1. The predicted octanol–water partition coefficient (Wildman–Crippen LogP) is 4.57. The molecule has 31 heavy (non-hydrogen) atoms. The van der Waals surface area contributed by atoms with E-state index in [0.29, 0.717) is 0 Å². The highest BCUT2D eigenvalue weighted by Crippen LogP contribution is 2.41. The second-order valence-electron chi connectivity index (χ2n) is 7.84. The maximum Gasteiger partial charge on any atom is 0.335 e. The van der Waals surface area contributed by atoms with Gasteiger partial charge in [-0.15, -0.1) is 0 Å². The molecule has 2 N–H and O–H groups in total. The molecule has 1 saturated heterocycles. The van der Waals surface area contributed by atoms with Crippen LogP contribution in [0.1, 0.15) is 58.4 Å². The largest absolute Gasteiger partial charge is 0.478 e. The molecule has 0 aliphatic carbocycles. The van der Waals surface area contributed by atoms with E-state index in [1.54, 1.807) is 24.4 Å². The lowest BCUT2D eigenvalue weighted by molar-refractivity contribution is 0.0697. The van der Waals surface area contributed by atoms with Gasteiger partial charge in [-0.2, -0.15) is 0 Å². The van der Waals surface area contributed by atoms with E-state index in [-0.39, 0.29) is 17.6 Å². The number of aryl methyl sites for hydroxylation is 1. The van der Waals surface area contributed by atoms with E-state index < -0.39 is 5.97 Å². The predicted molar refractivity (Wildman–Crippen MR) is 125 cm³/mol. The first-order valence-electron chi connectivity index (χ1n) is 10.4. The lowest BCUT2D eigenvalue weighted by atomic mass is 9.96. The Kier molecular flexibility index (Phi) is 5.78. The lowest BCUT2D eigenvalue weighted by Gasteiger charge is -2.27. The van der Waals surface area contributed by atoms with E-state index >= 15 is 0 Å². The van der Waals surface area contributed by atoms with Crippen molar-refractivity contribution in [2.24, 2.45) is 0 Å². The maximum atomic E-state index is 11.5. The fourth-order valence-electron chi connectivity index (χ4n) is 4.49. The summed E-state index contributed by atoms with van der Waals surface area (Å²) < 4.78 is 2.11. The molecule has 0 amide bonds. The number of carbonyl (C=O) groups is 1. The van der Waals surface area contributed by atoms with Crippen LogP contribution >= 0.6 is 12.2 Å². The third-order valence-corrected chi connectivity index (χ3v) is 6.15. The van der Waals surface area contributed by atoms with E-state index in [1.807, 2.05) is 31.2 Å². The summed E-state index contributed by atoms with van der Waals surface area (Å²) in [5, 5.41) is 13.6. The van der Waals surface area contributed by atoms with Crippen molar-refractivity contribution in [3.05, 3.63) is 82.9 Å². The fourth-order valence-corrected chi connectivity index (χ4v) is 4.82. The van der Waals surface area contributed by atoms with E-state index in [0.717, 1.165) is 46.4 Å². The van der Waals surface area contributed by atoms with Gasteiger partial charge in [0, 0.05) is 29.8 Å². The average molecular weight is 435 g/mol. The number of thiocarbonyl (C=S) groups is 1. The van der Waals surface area contributed by atoms with Gasteiger partial charge in [0.15, 0.2) is 5.11 Å². The molecule has 7 heteroatoms. The molecule has 1 aliphatic rings. The second-order valence-corrected chi connectivity index (χ2v) is 8.22. The van der Waals surface area contributed by atoms with Crippen LogP contribution in [0, 0.1) is 13.8 Å². The highest BCUT2D eigenvalue weighted by Gasteiger charge is 2.40. The van der Waals surface area contributed by atoms with Crippen LogP contribution in [0.2, 0.25) is 0 Å². The number of rotatable bonds is 6. The highest BCUT2D eigenvalue weighted by atomic mass is 32.1. The first kappa shape index (κ1) is 21.1. The van der Waals surface area contributed by atoms with Crippen molar-refractivity contribution >= 4 is 23.3 Å². The molecule has 0 spiro atoms. The minimum Gasteiger partial charge on any atom is -0.478 e. The number of hydrogen-bond donors (Lipinski definition) is 2. The number of aromatic carboxylic acids is 1. The summed E-state index contributed by atoms with van der Waals surface area (Å²) in [7, 11) is 0.